The largest absolute Gasteiger partial charge is 0.434 e. The summed E-state index contributed by atoms with van der Waals surface area (Å²) < 4.78 is 45.1. The van der Waals surface area contributed by atoms with E-state index < -0.39 is 17.8 Å². The molecule has 1 aromatic carbocycles. The minimum absolute atomic E-state index is 0.0102. The van der Waals surface area contributed by atoms with Crippen LogP contribution in [0.3, 0.4) is 0 Å². The third-order valence-electron chi connectivity index (χ3n) is 8.81. The van der Waals surface area contributed by atoms with E-state index in [1.165, 1.54) is 36.0 Å². The van der Waals surface area contributed by atoms with Crippen LogP contribution in [0, 0.1) is 5.92 Å². The van der Waals surface area contributed by atoms with Gasteiger partial charge in [0.25, 0.3) is 17.8 Å². The Labute approximate surface area is 290 Å². The van der Waals surface area contributed by atoms with Crippen LogP contribution in [0.5, 0.6) is 0 Å². The molecule has 2 aliphatic heterocycles. The number of carbonyl (C=O) groups excluding carboxylic acids is 3. The molecule has 4 aromatic rings. The van der Waals surface area contributed by atoms with Crippen LogP contribution >= 0.6 is 11.6 Å². The summed E-state index contributed by atoms with van der Waals surface area (Å²) in [4.78, 5) is 56.8. The highest BCUT2D eigenvalue weighted by molar-refractivity contribution is 6.34. The van der Waals surface area contributed by atoms with E-state index >= 15 is 0 Å². The van der Waals surface area contributed by atoms with Gasteiger partial charge in [0, 0.05) is 65.1 Å². The maximum atomic E-state index is 14.4. The summed E-state index contributed by atoms with van der Waals surface area (Å²) in [5.74, 6) is -0.944. The highest BCUT2D eigenvalue weighted by Gasteiger charge is 2.41. The fourth-order valence-electron chi connectivity index (χ4n) is 6.10. The number of amides is 3. The number of aromatic nitrogens is 6. The number of alkyl halides is 3. The molecule has 3 aromatic heterocycles. The number of imidazole rings is 1. The molecule has 0 unspecified atom stereocenters. The summed E-state index contributed by atoms with van der Waals surface area (Å²) in [7, 11) is 4.80. The van der Waals surface area contributed by atoms with E-state index in [0.717, 1.165) is 38.3 Å². The van der Waals surface area contributed by atoms with E-state index in [9.17, 15) is 27.6 Å². The van der Waals surface area contributed by atoms with Gasteiger partial charge in [-0.3, -0.25) is 14.4 Å². The average Bonchev–Trinajstić information content (AvgIpc) is 3.72. The Morgan fingerprint density at radius 3 is 2.36 bits per heavy atom. The molecule has 0 bridgehead atoms. The number of piperidine rings is 1. The Bertz CT molecular complexity index is 1910. The van der Waals surface area contributed by atoms with Gasteiger partial charge in [-0.15, -0.1) is 0 Å². The van der Waals surface area contributed by atoms with Gasteiger partial charge in [0.2, 0.25) is 5.91 Å². The molecule has 3 amide bonds. The number of hydrogen-bond donors (Lipinski definition) is 2. The van der Waals surface area contributed by atoms with Crippen molar-refractivity contribution in [2.75, 3.05) is 63.6 Å². The first-order chi connectivity index (χ1) is 23.8. The minimum atomic E-state index is -4.86. The number of rotatable bonds is 7. The van der Waals surface area contributed by atoms with Crippen LogP contribution in [0.25, 0.3) is 17.2 Å². The molecule has 14 nitrogen and oxygen atoms in total. The Balaban J connectivity index is 1.14. The predicted octanol–water partition coefficient (Wildman–Crippen LogP) is 3.34. The number of anilines is 2. The minimum Gasteiger partial charge on any atom is -0.363 e. The topological polar surface area (TPSA) is 146 Å². The van der Waals surface area contributed by atoms with E-state index in [1.54, 1.807) is 30.0 Å². The normalized spacial score (nSPS) is 15.7. The Hall–Kier alpha value is -5.03. The summed E-state index contributed by atoms with van der Waals surface area (Å²) in [6.45, 7) is 3.27. The molecule has 0 radical (unpaired) electrons. The van der Waals surface area contributed by atoms with E-state index in [2.05, 4.69) is 30.7 Å². The zero-order chi connectivity index (χ0) is 35.7. The van der Waals surface area contributed by atoms with Gasteiger partial charge in [0.1, 0.15) is 5.82 Å². The fraction of sp³-hybridized carbons (Fsp3) is 0.406. The lowest BCUT2D eigenvalue weighted by Crippen LogP contribution is -2.52. The van der Waals surface area contributed by atoms with Gasteiger partial charge in [-0.1, -0.05) is 11.6 Å². The number of carbonyl (C=O) groups is 3. The molecule has 0 spiro atoms. The van der Waals surface area contributed by atoms with Crippen LogP contribution in [-0.2, 0) is 18.0 Å². The van der Waals surface area contributed by atoms with Crippen LogP contribution in [0.15, 0.2) is 42.9 Å². The van der Waals surface area contributed by atoms with Crippen molar-refractivity contribution in [3.63, 3.8) is 0 Å². The van der Waals surface area contributed by atoms with Crippen molar-refractivity contribution in [1.82, 2.24) is 44.4 Å². The Morgan fingerprint density at radius 1 is 1.00 bits per heavy atom. The molecule has 5 heterocycles. The van der Waals surface area contributed by atoms with Gasteiger partial charge in [-0.25, -0.2) is 9.97 Å². The summed E-state index contributed by atoms with van der Waals surface area (Å²) in [5, 5.41) is 9.94. The van der Waals surface area contributed by atoms with Crippen molar-refractivity contribution in [2.24, 2.45) is 13.0 Å². The number of hydrogen-bond acceptors (Lipinski definition) is 9. The smallest absolute Gasteiger partial charge is 0.363 e. The fourth-order valence-corrected chi connectivity index (χ4v) is 6.36. The van der Waals surface area contributed by atoms with Crippen LogP contribution in [0.2, 0.25) is 5.02 Å². The lowest BCUT2D eigenvalue weighted by Gasteiger charge is -2.37. The van der Waals surface area contributed by atoms with Gasteiger partial charge in [0.15, 0.2) is 11.5 Å². The predicted molar refractivity (Wildman–Crippen MR) is 178 cm³/mol. The van der Waals surface area contributed by atoms with Gasteiger partial charge < -0.3 is 29.9 Å². The maximum Gasteiger partial charge on any atom is 0.434 e. The van der Waals surface area contributed by atoms with Crippen molar-refractivity contribution in [3.05, 3.63) is 65.0 Å². The lowest BCUT2D eigenvalue weighted by molar-refractivity contribution is -0.142. The second-order valence-corrected chi connectivity index (χ2v) is 12.6. The molecule has 18 heteroatoms. The maximum absolute atomic E-state index is 14.4. The first-order valence-corrected chi connectivity index (χ1v) is 16.3. The molecule has 0 aliphatic carbocycles. The molecule has 2 fully saturated rings. The Morgan fingerprint density at radius 2 is 1.70 bits per heavy atom. The van der Waals surface area contributed by atoms with Crippen molar-refractivity contribution < 1.29 is 27.6 Å². The van der Waals surface area contributed by atoms with E-state index in [-0.39, 0.29) is 57.0 Å². The zero-order valence-electron chi connectivity index (χ0n) is 27.5. The van der Waals surface area contributed by atoms with Gasteiger partial charge in [-0.2, -0.15) is 27.9 Å². The molecule has 0 atom stereocenters. The van der Waals surface area contributed by atoms with Crippen LogP contribution in [-0.4, -0.2) is 110 Å². The van der Waals surface area contributed by atoms with Crippen molar-refractivity contribution in [1.29, 1.82) is 0 Å². The van der Waals surface area contributed by atoms with Crippen LogP contribution < -0.4 is 15.5 Å². The van der Waals surface area contributed by atoms with E-state index in [4.69, 9.17) is 11.6 Å². The summed E-state index contributed by atoms with van der Waals surface area (Å²) in [6, 6.07) is 5.97. The molecule has 2 N–H and O–H groups in total. The Kier molecular flexibility index (Phi) is 9.80. The quantitative estimate of drug-likeness (QED) is 0.295. The van der Waals surface area contributed by atoms with Gasteiger partial charge in [0.05, 0.1) is 34.2 Å². The summed E-state index contributed by atoms with van der Waals surface area (Å²) in [6.07, 6.45) is 0.271. The number of piperazine rings is 1. The first-order valence-electron chi connectivity index (χ1n) is 15.9. The van der Waals surface area contributed by atoms with Gasteiger partial charge >= 0.3 is 6.18 Å². The third-order valence-corrected chi connectivity index (χ3v) is 9.12. The van der Waals surface area contributed by atoms with Crippen molar-refractivity contribution in [3.8, 4) is 17.2 Å². The first kappa shape index (κ1) is 34.8. The molecule has 6 rings (SSSR count). The highest BCUT2D eigenvalue weighted by Crippen LogP contribution is 2.38. The molecule has 50 heavy (non-hydrogen) atoms. The highest BCUT2D eigenvalue weighted by atomic mass is 35.5. The second-order valence-electron chi connectivity index (χ2n) is 12.2. The molecule has 264 valence electrons. The van der Waals surface area contributed by atoms with Crippen molar-refractivity contribution >= 4 is 40.8 Å². The molecular weight excluding hydrogens is 679 g/mol. The standard InChI is InChI=1S/C32H35ClF3N11O3/c1-43(2)25-8-11-38-31(42-25)47-26(32(34,35)36)22(17-40-47)24-18-39-27(44(24)3)28(48)41-20-4-5-21(23(33)16-20)30(50)46-14-12-45(13-15-46)29(49)19-6-9-37-10-7-19/h4-5,8,11,16-19,37H,6-7,9-10,12-15H2,1-3H3,(H,41,48). The molecule has 2 saturated heterocycles. The summed E-state index contributed by atoms with van der Waals surface area (Å²) >= 11 is 6.49. The number of benzene rings is 1. The number of nitrogens with zero attached hydrogens (tertiary/aromatic N) is 9. The number of nitrogens with one attached hydrogen (secondary N) is 2. The van der Waals surface area contributed by atoms with Gasteiger partial charge in [-0.05, 0) is 50.2 Å². The van der Waals surface area contributed by atoms with E-state index in [0.29, 0.717) is 36.7 Å². The summed E-state index contributed by atoms with van der Waals surface area (Å²) in [5.41, 5.74) is -0.994. The SMILES string of the molecule is CN(C)c1ccnc(-n2ncc(-c3cnc(C(=O)Nc4ccc(C(=O)N5CCN(C(=O)C6CCNCC6)CC5)c(Cl)c4)n3C)c2C(F)(F)F)n1. The molecule has 0 saturated carbocycles. The van der Waals surface area contributed by atoms with Crippen molar-refractivity contribution in [2.45, 2.75) is 19.0 Å². The van der Waals surface area contributed by atoms with E-state index in [1.807, 2.05) is 4.90 Å². The third kappa shape index (κ3) is 7.00. The number of halogens is 4. The lowest BCUT2D eigenvalue weighted by atomic mass is 9.96. The van der Waals surface area contributed by atoms with Crippen LogP contribution in [0.4, 0.5) is 24.7 Å². The zero-order valence-corrected chi connectivity index (χ0v) is 28.3. The monoisotopic (exact) mass is 713 g/mol. The molecule has 2 aliphatic rings. The van der Waals surface area contributed by atoms with Crippen LogP contribution in [0.1, 0.15) is 39.5 Å². The average molecular weight is 714 g/mol. The molecular formula is C32H35ClF3N11O3. The second kappa shape index (κ2) is 14.1.